The molecular formula is C16H21NO3. The lowest BCUT2D eigenvalue weighted by molar-refractivity contribution is -0.142. The smallest absolute Gasteiger partial charge is 0.308 e. The number of benzene rings is 1. The minimum atomic E-state index is -0.805. The van der Waals surface area contributed by atoms with Crippen molar-refractivity contribution in [1.29, 1.82) is 0 Å². The van der Waals surface area contributed by atoms with Gasteiger partial charge in [0.15, 0.2) is 0 Å². The second kappa shape index (κ2) is 6.55. The van der Waals surface area contributed by atoms with Crippen LogP contribution >= 0.6 is 0 Å². The average Bonchev–Trinajstić information content (AvgIpc) is 2.87. The number of nitrogens with one attached hydrogen (secondary N) is 1. The Morgan fingerprint density at radius 1 is 1.20 bits per heavy atom. The fourth-order valence-electron chi connectivity index (χ4n) is 2.76. The van der Waals surface area contributed by atoms with Crippen LogP contribution in [-0.2, 0) is 22.4 Å². The zero-order valence-electron chi connectivity index (χ0n) is 11.8. The number of amides is 1. The maximum atomic E-state index is 12.0. The van der Waals surface area contributed by atoms with Crippen molar-refractivity contribution in [2.75, 3.05) is 0 Å². The molecule has 0 aromatic heterocycles. The lowest BCUT2D eigenvalue weighted by Crippen LogP contribution is -2.40. The van der Waals surface area contributed by atoms with E-state index in [-0.39, 0.29) is 11.9 Å². The SMILES string of the molecule is CCc1ccc(CC(=O)N[C@@H]2CCC[C@@H]2C(=O)O)cc1. The van der Waals surface area contributed by atoms with Crippen LogP contribution in [0, 0.1) is 5.92 Å². The molecule has 1 aliphatic rings. The first-order valence-electron chi connectivity index (χ1n) is 7.20. The number of carboxylic acids is 1. The van der Waals surface area contributed by atoms with Crippen molar-refractivity contribution < 1.29 is 14.7 Å². The van der Waals surface area contributed by atoms with Gasteiger partial charge in [0.1, 0.15) is 0 Å². The van der Waals surface area contributed by atoms with Gasteiger partial charge in [0.2, 0.25) is 5.91 Å². The number of hydrogen-bond donors (Lipinski definition) is 2. The summed E-state index contributed by atoms with van der Waals surface area (Å²) < 4.78 is 0. The van der Waals surface area contributed by atoms with Gasteiger partial charge in [-0.2, -0.15) is 0 Å². The normalized spacial score (nSPS) is 21.6. The summed E-state index contributed by atoms with van der Waals surface area (Å²) in [4.78, 5) is 23.1. The molecule has 1 amide bonds. The first-order chi connectivity index (χ1) is 9.60. The molecule has 4 heteroatoms. The van der Waals surface area contributed by atoms with Crippen LogP contribution in [-0.4, -0.2) is 23.0 Å². The third kappa shape index (κ3) is 3.59. The van der Waals surface area contributed by atoms with Crippen LogP contribution < -0.4 is 5.32 Å². The fourth-order valence-corrected chi connectivity index (χ4v) is 2.76. The van der Waals surface area contributed by atoms with Gasteiger partial charge in [-0.25, -0.2) is 0 Å². The van der Waals surface area contributed by atoms with E-state index >= 15 is 0 Å². The van der Waals surface area contributed by atoms with E-state index in [1.54, 1.807) is 0 Å². The van der Waals surface area contributed by atoms with Crippen LogP contribution in [0.4, 0.5) is 0 Å². The van der Waals surface area contributed by atoms with Crippen molar-refractivity contribution >= 4 is 11.9 Å². The summed E-state index contributed by atoms with van der Waals surface area (Å²) in [6.07, 6.45) is 3.58. The van der Waals surface area contributed by atoms with E-state index in [1.165, 1.54) is 5.56 Å². The molecule has 108 valence electrons. The van der Waals surface area contributed by atoms with Crippen molar-refractivity contribution in [2.45, 2.75) is 45.1 Å². The van der Waals surface area contributed by atoms with Crippen LogP contribution in [0.5, 0.6) is 0 Å². The Balaban J connectivity index is 1.90. The Morgan fingerprint density at radius 3 is 2.45 bits per heavy atom. The lowest BCUT2D eigenvalue weighted by Gasteiger charge is -2.17. The standard InChI is InChI=1S/C16H21NO3/c1-2-11-6-8-12(9-7-11)10-15(18)17-14-5-3-4-13(14)16(19)20/h6-9,13-14H,2-5,10H2,1H3,(H,17,18)(H,19,20)/t13-,14+/m0/s1. The van der Waals surface area contributed by atoms with Crippen molar-refractivity contribution in [2.24, 2.45) is 5.92 Å². The van der Waals surface area contributed by atoms with Crippen molar-refractivity contribution in [1.82, 2.24) is 5.32 Å². The van der Waals surface area contributed by atoms with E-state index in [0.717, 1.165) is 24.8 Å². The van der Waals surface area contributed by atoms with Gasteiger partial charge in [0.05, 0.1) is 12.3 Å². The molecule has 4 nitrogen and oxygen atoms in total. The number of aliphatic carboxylic acids is 1. The predicted octanol–water partition coefficient (Wildman–Crippen LogP) is 2.16. The van der Waals surface area contributed by atoms with E-state index in [4.69, 9.17) is 5.11 Å². The lowest BCUT2D eigenvalue weighted by atomic mass is 10.0. The van der Waals surface area contributed by atoms with E-state index in [1.807, 2.05) is 24.3 Å². The molecule has 0 spiro atoms. The number of carbonyl (C=O) groups excluding carboxylic acids is 1. The molecular weight excluding hydrogens is 254 g/mol. The summed E-state index contributed by atoms with van der Waals surface area (Å²) in [5.74, 6) is -1.33. The quantitative estimate of drug-likeness (QED) is 0.865. The zero-order valence-corrected chi connectivity index (χ0v) is 11.8. The van der Waals surface area contributed by atoms with Gasteiger partial charge in [-0.1, -0.05) is 37.6 Å². The van der Waals surface area contributed by atoms with Crippen LogP contribution in [0.1, 0.15) is 37.3 Å². The minimum absolute atomic E-state index is 0.0904. The van der Waals surface area contributed by atoms with E-state index in [2.05, 4.69) is 12.2 Å². The summed E-state index contributed by atoms with van der Waals surface area (Å²) in [6, 6.07) is 7.76. The van der Waals surface area contributed by atoms with Crippen molar-refractivity contribution in [3.05, 3.63) is 35.4 Å². The summed E-state index contributed by atoms with van der Waals surface area (Å²) in [6.45, 7) is 2.09. The molecule has 1 aliphatic carbocycles. The molecule has 0 heterocycles. The number of carboxylic acid groups (broad SMARTS) is 1. The maximum Gasteiger partial charge on any atom is 0.308 e. The highest BCUT2D eigenvalue weighted by molar-refractivity contribution is 5.80. The molecule has 0 radical (unpaired) electrons. The van der Waals surface area contributed by atoms with E-state index in [0.29, 0.717) is 12.8 Å². The molecule has 20 heavy (non-hydrogen) atoms. The average molecular weight is 275 g/mol. The highest BCUT2D eigenvalue weighted by atomic mass is 16.4. The largest absolute Gasteiger partial charge is 0.481 e. The van der Waals surface area contributed by atoms with Gasteiger partial charge < -0.3 is 10.4 Å². The summed E-state index contributed by atoms with van der Waals surface area (Å²) in [5, 5.41) is 12.0. The second-order valence-corrected chi connectivity index (χ2v) is 5.40. The molecule has 0 unspecified atom stereocenters. The fraction of sp³-hybridized carbons (Fsp3) is 0.500. The highest BCUT2D eigenvalue weighted by Gasteiger charge is 2.33. The molecule has 1 fully saturated rings. The Kier molecular flexibility index (Phi) is 4.77. The Morgan fingerprint density at radius 2 is 1.85 bits per heavy atom. The van der Waals surface area contributed by atoms with Crippen LogP contribution in [0.3, 0.4) is 0 Å². The predicted molar refractivity (Wildman–Crippen MR) is 76.4 cm³/mol. The second-order valence-electron chi connectivity index (χ2n) is 5.40. The molecule has 2 N–H and O–H groups in total. The first kappa shape index (κ1) is 14.6. The number of carbonyl (C=O) groups is 2. The van der Waals surface area contributed by atoms with E-state index < -0.39 is 11.9 Å². The van der Waals surface area contributed by atoms with Gasteiger partial charge in [-0.15, -0.1) is 0 Å². The van der Waals surface area contributed by atoms with E-state index in [9.17, 15) is 9.59 Å². The third-order valence-electron chi connectivity index (χ3n) is 3.98. The zero-order chi connectivity index (χ0) is 14.5. The first-order valence-corrected chi connectivity index (χ1v) is 7.20. The molecule has 0 bridgehead atoms. The Hall–Kier alpha value is -1.84. The molecule has 2 rings (SSSR count). The van der Waals surface area contributed by atoms with Gasteiger partial charge in [0, 0.05) is 6.04 Å². The Bertz CT molecular complexity index is 481. The van der Waals surface area contributed by atoms with Crippen molar-refractivity contribution in [3.63, 3.8) is 0 Å². The van der Waals surface area contributed by atoms with Gasteiger partial charge in [-0.05, 0) is 30.4 Å². The molecule has 0 saturated heterocycles. The number of hydrogen-bond acceptors (Lipinski definition) is 2. The summed E-state index contributed by atoms with van der Waals surface area (Å²) in [5.41, 5.74) is 2.21. The van der Waals surface area contributed by atoms with Gasteiger partial charge in [0.25, 0.3) is 0 Å². The summed E-state index contributed by atoms with van der Waals surface area (Å²) >= 11 is 0. The Labute approximate surface area is 119 Å². The molecule has 1 aromatic carbocycles. The molecule has 1 aromatic rings. The van der Waals surface area contributed by atoms with Crippen LogP contribution in [0.15, 0.2) is 24.3 Å². The number of rotatable bonds is 5. The topological polar surface area (TPSA) is 66.4 Å². The van der Waals surface area contributed by atoms with Crippen LogP contribution in [0.25, 0.3) is 0 Å². The van der Waals surface area contributed by atoms with Crippen molar-refractivity contribution in [3.8, 4) is 0 Å². The van der Waals surface area contributed by atoms with Gasteiger partial charge in [-0.3, -0.25) is 9.59 Å². The number of aryl methyl sites for hydroxylation is 1. The van der Waals surface area contributed by atoms with Crippen LogP contribution in [0.2, 0.25) is 0 Å². The monoisotopic (exact) mass is 275 g/mol. The third-order valence-corrected chi connectivity index (χ3v) is 3.98. The molecule has 0 aliphatic heterocycles. The maximum absolute atomic E-state index is 12.0. The minimum Gasteiger partial charge on any atom is -0.481 e. The highest BCUT2D eigenvalue weighted by Crippen LogP contribution is 2.25. The van der Waals surface area contributed by atoms with Gasteiger partial charge >= 0.3 is 5.97 Å². The molecule has 1 saturated carbocycles. The molecule has 2 atom stereocenters. The summed E-state index contributed by atoms with van der Waals surface area (Å²) in [7, 11) is 0.